The second-order valence-corrected chi connectivity index (χ2v) is 12.8. The summed E-state index contributed by atoms with van der Waals surface area (Å²) in [5.74, 6) is -0.135. The van der Waals surface area contributed by atoms with Crippen LogP contribution in [0.1, 0.15) is 62.8 Å². The van der Waals surface area contributed by atoms with Crippen molar-refractivity contribution in [1.82, 2.24) is 14.5 Å². The van der Waals surface area contributed by atoms with Gasteiger partial charge in [-0.3, -0.25) is 9.69 Å². The van der Waals surface area contributed by atoms with Gasteiger partial charge >= 0.3 is 0 Å². The molecule has 2 aliphatic heterocycles. The molecule has 3 rings (SSSR count). The van der Waals surface area contributed by atoms with Crippen LogP contribution in [0.2, 0.25) is 0 Å². The number of hydrogen-bond donors (Lipinski definition) is 1. The predicted molar refractivity (Wildman–Crippen MR) is 136 cm³/mol. The Kier molecular flexibility index (Phi) is 8.17. The highest BCUT2D eigenvalue weighted by Crippen LogP contribution is 2.31. The van der Waals surface area contributed by atoms with Crippen LogP contribution in [0.15, 0.2) is 11.0 Å². The Morgan fingerprint density at radius 2 is 1.53 bits per heavy atom. The highest BCUT2D eigenvalue weighted by atomic mass is 32.2. The Morgan fingerprint density at radius 1 is 1.03 bits per heavy atom. The van der Waals surface area contributed by atoms with Gasteiger partial charge in [0.2, 0.25) is 15.9 Å². The van der Waals surface area contributed by atoms with E-state index in [9.17, 15) is 13.2 Å². The second kappa shape index (κ2) is 10.2. The molecule has 1 amide bonds. The fourth-order valence-electron chi connectivity index (χ4n) is 5.29. The number of nitrogens with one attached hydrogen (secondary N) is 1. The minimum absolute atomic E-state index is 0.0261. The highest BCUT2D eigenvalue weighted by Gasteiger charge is 2.36. The molecule has 34 heavy (non-hydrogen) atoms. The van der Waals surface area contributed by atoms with E-state index in [0.29, 0.717) is 37.4 Å². The summed E-state index contributed by atoms with van der Waals surface area (Å²) in [7, 11) is -3.59. The third-order valence-electron chi connectivity index (χ3n) is 7.69. The molecule has 0 unspecified atom stereocenters. The van der Waals surface area contributed by atoms with Gasteiger partial charge < -0.3 is 10.1 Å². The van der Waals surface area contributed by atoms with Crippen molar-refractivity contribution in [1.29, 1.82) is 0 Å². The summed E-state index contributed by atoms with van der Waals surface area (Å²) in [6.07, 6.45) is 1.43. The van der Waals surface area contributed by atoms with Gasteiger partial charge in [0.1, 0.15) is 0 Å². The molecule has 0 spiro atoms. The summed E-state index contributed by atoms with van der Waals surface area (Å²) in [5, 5.41) is 3.15. The van der Waals surface area contributed by atoms with E-state index in [1.165, 1.54) is 0 Å². The molecule has 0 aliphatic carbocycles. The number of piperidine rings is 1. The smallest absolute Gasteiger partial charge is 0.243 e. The number of benzene rings is 1. The standard InChI is InChI=1S/C26H43N3O4S/c1-17-13-18(2)22(6)24(21(17)5)34(31,32)29-11-9-23(10-12-29)25(30)27-16-26(7,8)28-14-19(3)33-20(4)15-28/h13,19-20,23H,9-12,14-16H2,1-8H3,(H,27,30)/t19-,20-/m1/s1. The first kappa shape index (κ1) is 27.1. The van der Waals surface area contributed by atoms with E-state index >= 15 is 0 Å². The third kappa shape index (κ3) is 5.66. The summed E-state index contributed by atoms with van der Waals surface area (Å²) in [5.41, 5.74) is 3.43. The maximum Gasteiger partial charge on any atom is 0.243 e. The minimum atomic E-state index is -3.59. The van der Waals surface area contributed by atoms with Gasteiger partial charge in [-0.1, -0.05) is 6.07 Å². The first-order valence-electron chi connectivity index (χ1n) is 12.5. The van der Waals surface area contributed by atoms with E-state index in [-0.39, 0.29) is 29.6 Å². The quantitative estimate of drug-likeness (QED) is 0.658. The van der Waals surface area contributed by atoms with Crippen molar-refractivity contribution in [2.45, 2.75) is 90.9 Å². The van der Waals surface area contributed by atoms with Gasteiger partial charge in [-0.25, -0.2) is 8.42 Å². The van der Waals surface area contributed by atoms with Gasteiger partial charge in [-0.05, 0) is 90.5 Å². The fraction of sp³-hybridized carbons (Fsp3) is 0.731. The van der Waals surface area contributed by atoms with E-state index in [2.05, 4.69) is 37.9 Å². The number of carbonyl (C=O) groups is 1. The number of nitrogens with zero attached hydrogens (tertiary/aromatic N) is 2. The zero-order chi connectivity index (χ0) is 25.4. The lowest BCUT2D eigenvalue weighted by atomic mass is 9.95. The fourth-order valence-corrected chi connectivity index (χ4v) is 7.33. The average Bonchev–Trinajstić information content (AvgIpc) is 2.75. The Morgan fingerprint density at radius 3 is 2.03 bits per heavy atom. The summed E-state index contributed by atoms with van der Waals surface area (Å²) < 4.78 is 34.4. The van der Waals surface area contributed by atoms with E-state index in [1.807, 2.05) is 33.8 Å². The van der Waals surface area contributed by atoms with Gasteiger partial charge in [-0.15, -0.1) is 0 Å². The minimum Gasteiger partial charge on any atom is -0.373 e. The molecule has 2 atom stereocenters. The number of sulfonamides is 1. The van der Waals surface area contributed by atoms with Crippen LogP contribution >= 0.6 is 0 Å². The normalized spacial score (nSPS) is 23.8. The predicted octanol–water partition coefficient (Wildman–Crippen LogP) is 3.32. The number of ether oxygens (including phenoxy) is 1. The Bertz CT molecular complexity index is 977. The molecule has 1 aromatic rings. The van der Waals surface area contributed by atoms with Crippen LogP contribution in [0.3, 0.4) is 0 Å². The zero-order valence-electron chi connectivity index (χ0n) is 22.2. The average molecular weight is 494 g/mol. The number of aryl methyl sites for hydroxylation is 2. The zero-order valence-corrected chi connectivity index (χ0v) is 23.0. The Labute approximate surface area is 206 Å². The van der Waals surface area contributed by atoms with E-state index in [4.69, 9.17) is 4.74 Å². The molecule has 2 fully saturated rings. The van der Waals surface area contributed by atoms with Gasteiger partial charge in [0.25, 0.3) is 0 Å². The molecule has 2 aliphatic rings. The summed E-state index contributed by atoms with van der Waals surface area (Å²) in [4.78, 5) is 15.8. The van der Waals surface area contributed by atoms with Crippen LogP contribution in [0, 0.1) is 33.6 Å². The molecule has 2 saturated heterocycles. The maximum atomic E-state index is 13.5. The summed E-state index contributed by atoms with van der Waals surface area (Å²) in [6, 6.07) is 2.04. The molecular weight excluding hydrogens is 450 g/mol. The van der Waals surface area contributed by atoms with Crippen LogP contribution in [0.25, 0.3) is 0 Å². The lowest BCUT2D eigenvalue weighted by molar-refractivity contribution is -0.127. The summed E-state index contributed by atoms with van der Waals surface area (Å²) >= 11 is 0. The van der Waals surface area contributed by atoms with Crippen LogP contribution < -0.4 is 5.32 Å². The molecule has 0 bridgehead atoms. The number of carbonyl (C=O) groups excluding carboxylic acids is 1. The van der Waals surface area contributed by atoms with Crippen molar-refractivity contribution in [2.24, 2.45) is 5.92 Å². The first-order valence-corrected chi connectivity index (χ1v) is 13.9. The van der Waals surface area contributed by atoms with Gasteiger partial charge in [-0.2, -0.15) is 4.31 Å². The lowest BCUT2D eigenvalue weighted by Gasteiger charge is -2.45. The molecular formula is C26H43N3O4S. The molecule has 1 aromatic carbocycles. The van der Waals surface area contributed by atoms with Crippen LogP contribution in [0.4, 0.5) is 0 Å². The Hall–Kier alpha value is -1.48. The first-order chi connectivity index (χ1) is 15.7. The third-order valence-corrected chi connectivity index (χ3v) is 9.86. The molecule has 0 radical (unpaired) electrons. The van der Waals surface area contributed by atoms with Crippen LogP contribution in [-0.4, -0.2) is 74.0 Å². The van der Waals surface area contributed by atoms with Gasteiger partial charge in [0, 0.05) is 44.2 Å². The maximum absolute atomic E-state index is 13.5. The number of amides is 1. The van der Waals surface area contributed by atoms with Gasteiger partial charge in [0.15, 0.2) is 0 Å². The largest absolute Gasteiger partial charge is 0.373 e. The van der Waals surface area contributed by atoms with Crippen molar-refractivity contribution in [3.05, 3.63) is 28.3 Å². The number of morpholine rings is 1. The van der Waals surface area contributed by atoms with Crippen molar-refractivity contribution in [2.75, 3.05) is 32.7 Å². The van der Waals surface area contributed by atoms with Crippen LogP contribution in [0.5, 0.6) is 0 Å². The van der Waals surface area contributed by atoms with E-state index in [1.54, 1.807) is 4.31 Å². The number of hydrogen-bond acceptors (Lipinski definition) is 5. The van der Waals surface area contributed by atoms with Crippen molar-refractivity contribution in [3.63, 3.8) is 0 Å². The van der Waals surface area contributed by atoms with Crippen molar-refractivity contribution in [3.8, 4) is 0 Å². The second-order valence-electron chi connectivity index (χ2n) is 11.0. The monoisotopic (exact) mass is 493 g/mol. The Balaban J connectivity index is 1.60. The van der Waals surface area contributed by atoms with E-state index in [0.717, 1.165) is 35.3 Å². The molecule has 1 N–H and O–H groups in total. The SMILES string of the molecule is Cc1cc(C)c(C)c(S(=O)(=O)N2CCC(C(=O)NCC(C)(C)N3C[C@@H](C)O[C@H](C)C3)CC2)c1C. The summed E-state index contributed by atoms with van der Waals surface area (Å²) in [6.45, 7) is 19.1. The number of rotatable bonds is 6. The molecule has 7 nitrogen and oxygen atoms in total. The van der Waals surface area contributed by atoms with Crippen molar-refractivity contribution < 1.29 is 17.9 Å². The van der Waals surface area contributed by atoms with Crippen LogP contribution in [-0.2, 0) is 19.6 Å². The highest BCUT2D eigenvalue weighted by molar-refractivity contribution is 7.89. The molecule has 0 aromatic heterocycles. The topological polar surface area (TPSA) is 79.0 Å². The van der Waals surface area contributed by atoms with Crippen molar-refractivity contribution >= 4 is 15.9 Å². The van der Waals surface area contributed by atoms with Gasteiger partial charge in [0.05, 0.1) is 17.1 Å². The lowest BCUT2D eigenvalue weighted by Crippen LogP contribution is -2.59. The molecule has 2 heterocycles. The molecule has 8 heteroatoms. The molecule has 0 saturated carbocycles. The van der Waals surface area contributed by atoms with E-state index < -0.39 is 10.0 Å². The molecule has 192 valence electrons.